The molecule has 3 nitrogen and oxygen atoms in total. The summed E-state index contributed by atoms with van der Waals surface area (Å²) in [4.78, 5) is 19.6. The Balaban J connectivity index is 1.86. The Hall–Kier alpha value is -2.59. The number of rotatable bonds is 3. The molecule has 0 bridgehead atoms. The first kappa shape index (κ1) is 15.3. The van der Waals surface area contributed by atoms with Crippen molar-refractivity contribution in [2.24, 2.45) is 0 Å². The number of nitrogens with zero attached hydrogens (tertiary/aromatic N) is 1. The minimum Gasteiger partial charge on any atom is -0.301 e. The molecule has 4 heteroatoms. The van der Waals surface area contributed by atoms with Gasteiger partial charge in [0.2, 0.25) is 0 Å². The van der Waals surface area contributed by atoms with Crippen LogP contribution < -0.4 is 16.1 Å². The zero-order valence-electron chi connectivity index (χ0n) is 12.5. The molecule has 0 saturated heterocycles. The van der Waals surface area contributed by atoms with E-state index < -0.39 is 0 Å². The maximum Gasteiger partial charge on any atom is 0.259 e. The van der Waals surface area contributed by atoms with E-state index in [4.69, 9.17) is 0 Å². The number of hydrogen-bond donors (Lipinski definition) is 1. The van der Waals surface area contributed by atoms with Crippen LogP contribution >= 0.6 is 11.8 Å². The topological polar surface area (TPSA) is 45.8 Å². The average Bonchev–Trinajstić information content (AvgIpc) is 2.47. The first-order valence-corrected chi connectivity index (χ1v) is 8.30. The second-order valence-electron chi connectivity index (χ2n) is 4.93. The van der Waals surface area contributed by atoms with Gasteiger partial charge in [-0.25, -0.2) is 4.98 Å². The molecule has 0 spiro atoms. The predicted octanol–water partition coefficient (Wildman–Crippen LogP) is 2.16. The molecular formula is C19H16N2OS. The number of hydrogen-bond acceptors (Lipinski definition) is 3. The van der Waals surface area contributed by atoms with Gasteiger partial charge in [0.05, 0.1) is 10.6 Å². The van der Waals surface area contributed by atoms with Crippen molar-refractivity contribution in [3.05, 3.63) is 93.3 Å². The Morgan fingerprint density at radius 1 is 0.870 bits per heavy atom. The molecule has 0 unspecified atom stereocenters. The lowest BCUT2D eigenvalue weighted by molar-refractivity contribution is 0.898. The van der Waals surface area contributed by atoms with Gasteiger partial charge in [-0.1, -0.05) is 78.6 Å². The Kier molecular flexibility index (Phi) is 5.06. The van der Waals surface area contributed by atoms with Crippen molar-refractivity contribution in [2.45, 2.75) is 5.16 Å². The van der Waals surface area contributed by atoms with Gasteiger partial charge in [-0.3, -0.25) is 4.79 Å². The molecule has 1 heterocycles. The van der Waals surface area contributed by atoms with E-state index in [0.717, 1.165) is 5.75 Å². The molecule has 0 amide bonds. The normalized spacial score (nSPS) is 27.7. The SMILES string of the molecule is O=c1[nH]c(SCC2=C/C=C\C=C/C=C\2)nc2/c1=C\C=C/C=C\C=2. The monoisotopic (exact) mass is 320 g/mol. The van der Waals surface area contributed by atoms with E-state index in [9.17, 15) is 4.79 Å². The van der Waals surface area contributed by atoms with Crippen LogP contribution in [0, 0.1) is 0 Å². The highest BCUT2D eigenvalue weighted by Gasteiger charge is 2.02. The lowest BCUT2D eigenvalue weighted by Gasteiger charge is -2.03. The van der Waals surface area contributed by atoms with Crippen molar-refractivity contribution in [1.29, 1.82) is 0 Å². The van der Waals surface area contributed by atoms with Crippen LogP contribution in [0.3, 0.4) is 0 Å². The highest BCUT2D eigenvalue weighted by molar-refractivity contribution is 7.99. The fraction of sp³-hybridized carbons (Fsp3) is 0.0526. The molecule has 1 aromatic heterocycles. The van der Waals surface area contributed by atoms with Crippen LogP contribution in [0.4, 0.5) is 0 Å². The average molecular weight is 320 g/mol. The number of aromatic nitrogens is 2. The predicted molar refractivity (Wildman–Crippen MR) is 97.5 cm³/mol. The summed E-state index contributed by atoms with van der Waals surface area (Å²) in [5.41, 5.74) is 1.06. The molecule has 2 aliphatic rings. The summed E-state index contributed by atoms with van der Waals surface area (Å²) in [6.07, 6.45) is 25.3. The van der Waals surface area contributed by atoms with Gasteiger partial charge in [-0.2, -0.15) is 0 Å². The minimum absolute atomic E-state index is 0.112. The number of fused-ring (bicyclic) bond motifs is 1. The Labute approximate surface area is 138 Å². The fourth-order valence-electron chi connectivity index (χ4n) is 2.12. The minimum atomic E-state index is -0.112. The Morgan fingerprint density at radius 3 is 2.43 bits per heavy atom. The molecule has 0 saturated carbocycles. The molecule has 1 aromatic rings. The fourth-order valence-corrected chi connectivity index (χ4v) is 2.94. The van der Waals surface area contributed by atoms with Crippen molar-refractivity contribution in [2.75, 3.05) is 5.75 Å². The van der Waals surface area contributed by atoms with Crippen LogP contribution in [0.2, 0.25) is 0 Å². The van der Waals surface area contributed by atoms with E-state index in [2.05, 4.69) is 22.1 Å². The lowest BCUT2D eigenvalue weighted by Crippen LogP contribution is -2.43. The largest absolute Gasteiger partial charge is 0.301 e. The summed E-state index contributed by atoms with van der Waals surface area (Å²) < 4.78 is 0. The first-order chi connectivity index (χ1) is 11.3. The van der Waals surface area contributed by atoms with Crippen LogP contribution in [0.25, 0.3) is 12.2 Å². The maximum absolute atomic E-state index is 12.2. The number of H-pyrrole nitrogens is 1. The van der Waals surface area contributed by atoms with Crippen molar-refractivity contribution in [1.82, 2.24) is 9.97 Å². The standard InChI is InChI=1S/C19H16N2OS/c22-18-16-12-8-4-5-9-13-17(16)20-19(21-18)23-14-15-10-6-2-1-3-7-11-15/h1-13H,14H2,(H,20,21,22)/b2-1-,3-1?,6-2?,7-3-,10-6-,11-7?,15-10?,15-11+. The molecule has 23 heavy (non-hydrogen) atoms. The maximum atomic E-state index is 12.2. The van der Waals surface area contributed by atoms with Crippen LogP contribution in [-0.2, 0) is 0 Å². The zero-order valence-corrected chi connectivity index (χ0v) is 13.3. The van der Waals surface area contributed by atoms with Gasteiger partial charge < -0.3 is 4.98 Å². The van der Waals surface area contributed by atoms with E-state index in [-0.39, 0.29) is 5.56 Å². The summed E-state index contributed by atoms with van der Waals surface area (Å²) in [5.74, 6) is 0.746. The summed E-state index contributed by atoms with van der Waals surface area (Å²) in [5, 5.41) is 1.92. The van der Waals surface area contributed by atoms with Gasteiger partial charge in [-0.05, 0) is 17.7 Å². The summed E-state index contributed by atoms with van der Waals surface area (Å²) in [7, 11) is 0. The van der Waals surface area contributed by atoms with Gasteiger partial charge in [0, 0.05) is 5.75 Å². The van der Waals surface area contributed by atoms with Crippen LogP contribution in [0.1, 0.15) is 0 Å². The molecule has 114 valence electrons. The van der Waals surface area contributed by atoms with Crippen LogP contribution in [0.15, 0.2) is 82.4 Å². The zero-order chi connectivity index (χ0) is 15.9. The second-order valence-corrected chi connectivity index (χ2v) is 5.90. The molecule has 0 fully saturated rings. The summed E-state index contributed by atoms with van der Waals surface area (Å²) in [6, 6.07) is 0. The van der Waals surface area contributed by atoms with E-state index in [1.165, 1.54) is 17.3 Å². The molecule has 2 aliphatic carbocycles. The smallest absolute Gasteiger partial charge is 0.259 e. The van der Waals surface area contributed by atoms with Gasteiger partial charge in [-0.15, -0.1) is 0 Å². The van der Waals surface area contributed by atoms with E-state index in [1.807, 2.05) is 60.8 Å². The van der Waals surface area contributed by atoms with Gasteiger partial charge >= 0.3 is 0 Å². The molecular weight excluding hydrogens is 304 g/mol. The van der Waals surface area contributed by atoms with Gasteiger partial charge in [0.15, 0.2) is 5.16 Å². The van der Waals surface area contributed by atoms with Gasteiger partial charge in [0.25, 0.3) is 5.56 Å². The third kappa shape index (κ3) is 4.20. The van der Waals surface area contributed by atoms with E-state index >= 15 is 0 Å². The summed E-state index contributed by atoms with van der Waals surface area (Å²) >= 11 is 1.52. The first-order valence-electron chi connectivity index (χ1n) is 7.32. The third-order valence-corrected chi connectivity index (χ3v) is 4.20. The highest BCUT2D eigenvalue weighted by atomic mass is 32.2. The lowest BCUT2D eigenvalue weighted by atomic mass is 10.2. The van der Waals surface area contributed by atoms with Crippen LogP contribution in [0.5, 0.6) is 0 Å². The molecule has 0 atom stereocenters. The molecule has 1 N–H and O–H groups in total. The van der Waals surface area contributed by atoms with E-state index in [0.29, 0.717) is 15.7 Å². The van der Waals surface area contributed by atoms with Crippen molar-refractivity contribution in [3.63, 3.8) is 0 Å². The van der Waals surface area contributed by atoms with Crippen molar-refractivity contribution >= 4 is 23.9 Å². The Morgan fingerprint density at radius 2 is 1.57 bits per heavy atom. The van der Waals surface area contributed by atoms with Crippen molar-refractivity contribution in [3.8, 4) is 0 Å². The molecule has 3 rings (SSSR count). The highest BCUT2D eigenvalue weighted by Crippen LogP contribution is 2.15. The number of nitrogens with one attached hydrogen (secondary N) is 1. The molecule has 0 aliphatic heterocycles. The number of aromatic amines is 1. The van der Waals surface area contributed by atoms with Crippen molar-refractivity contribution < 1.29 is 0 Å². The quantitative estimate of drug-likeness (QED) is 0.686. The summed E-state index contributed by atoms with van der Waals surface area (Å²) in [6.45, 7) is 0. The van der Waals surface area contributed by atoms with E-state index in [1.54, 1.807) is 6.08 Å². The van der Waals surface area contributed by atoms with Gasteiger partial charge in [0.1, 0.15) is 0 Å². The number of thioether (sulfide) groups is 1. The number of allylic oxidation sites excluding steroid dienone is 11. The second kappa shape index (κ2) is 7.61. The molecule has 0 radical (unpaired) electrons. The third-order valence-electron chi connectivity index (χ3n) is 3.25. The Bertz CT molecular complexity index is 941. The molecule has 0 aromatic carbocycles. The van der Waals surface area contributed by atoms with Crippen LogP contribution in [-0.4, -0.2) is 15.7 Å².